The van der Waals surface area contributed by atoms with Gasteiger partial charge in [0.05, 0.1) is 22.3 Å². The van der Waals surface area contributed by atoms with Crippen molar-refractivity contribution in [1.82, 2.24) is 14.7 Å². The molecule has 2 aliphatic carbocycles. The van der Waals surface area contributed by atoms with Gasteiger partial charge in [0.1, 0.15) is 23.0 Å². The molecule has 2 unspecified atom stereocenters. The van der Waals surface area contributed by atoms with Crippen molar-refractivity contribution in [3.8, 4) is 5.75 Å². The number of rotatable bonds is 10. The summed E-state index contributed by atoms with van der Waals surface area (Å²) in [6.07, 6.45) is 11.6. The largest absolute Gasteiger partial charge is 0.464 e. The molecule has 0 radical (unpaired) electrons. The molecule has 1 aromatic carbocycles. The van der Waals surface area contributed by atoms with Crippen molar-refractivity contribution in [2.24, 2.45) is 11.7 Å². The lowest BCUT2D eigenvalue weighted by molar-refractivity contribution is -0.384. The van der Waals surface area contributed by atoms with Gasteiger partial charge in [0.15, 0.2) is 0 Å². The Morgan fingerprint density at radius 3 is 2.51 bits per heavy atom. The Balaban J connectivity index is 1.48. The number of benzene rings is 1. The molecule has 3 aromatic rings. The van der Waals surface area contributed by atoms with Gasteiger partial charge in [-0.15, -0.1) is 0 Å². The fraction of sp³-hybridized carbons (Fsp3) is 0.333. The number of H-pyrrole nitrogens is 1. The minimum atomic E-state index is -4.68. The fourth-order valence-electron chi connectivity index (χ4n) is 5.48. The third kappa shape index (κ3) is 6.11. The first kappa shape index (κ1) is 30.2. The van der Waals surface area contributed by atoms with Gasteiger partial charge in [-0.2, -0.15) is 0 Å². The monoisotopic (exact) mass is 630 g/mol. The number of sulfone groups is 1. The van der Waals surface area contributed by atoms with Gasteiger partial charge < -0.3 is 20.8 Å². The van der Waals surface area contributed by atoms with Crippen molar-refractivity contribution in [1.29, 1.82) is 0 Å². The van der Waals surface area contributed by atoms with E-state index >= 15 is 0 Å². The summed E-state index contributed by atoms with van der Waals surface area (Å²) in [5.41, 5.74) is 5.80. The second-order valence-corrected chi connectivity index (χ2v) is 14.5. The van der Waals surface area contributed by atoms with Gasteiger partial charge in [-0.05, 0) is 56.0 Å². The predicted octanol–water partition coefficient (Wildman–Crippen LogP) is 2.52. The number of nitrogens with zero attached hydrogens (tertiary/aromatic N) is 2. The molecule has 0 spiro atoms. The number of aromatic amines is 1. The van der Waals surface area contributed by atoms with Crippen LogP contribution in [0.3, 0.4) is 0 Å². The van der Waals surface area contributed by atoms with Gasteiger partial charge in [-0.3, -0.25) is 14.9 Å². The van der Waals surface area contributed by atoms with E-state index in [0.717, 1.165) is 12.3 Å². The maximum Gasteiger partial charge on any atom is 0.293 e. The molecule has 2 heterocycles. The molecule has 1 saturated carbocycles. The fourth-order valence-corrected chi connectivity index (χ4v) is 8.19. The van der Waals surface area contributed by atoms with E-state index in [4.69, 9.17) is 10.5 Å². The maximum atomic E-state index is 14.3. The molecule has 0 saturated heterocycles. The number of fused-ring (bicyclic) bond motifs is 1. The van der Waals surface area contributed by atoms with E-state index in [1.807, 2.05) is 0 Å². The van der Waals surface area contributed by atoms with Gasteiger partial charge in [0.2, 0.25) is 30.7 Å². The summed E-state index contributed by atoms with van der Waals surface area (Å²) in [6, 6.07) is 6.28. The van der Waals surface area contributed by atoms with Crippen molar-refractivity contribution in [2.45, 2.75) is 47.6 Å². The van der Waals surface area contributed by atoms with E-state index < -0.39 is 52.1 Å². The number of nitrogens with one attached hydrogen (secondary N) is 3. The first-order valence-electron chi connectivity index (χ1n) is 13.3. The summed E-state index contributed by atoms with van der Waals surface area (Å²) in [5, 5.41) is 15.9. The molecule has 2 aromatic heterocycles. The number of nitro groups is 1. The second kappa shape index (κ2) is 11.4. The van der Waals surface area contributed by atoms with Crippen LogP contribution in [0.1, 0.15) is 25.7 Å². The quantitative estimate of drug-likeness (QED) is 0.190. The van der Waals surface area contributed by atoms with Crippen LogP contribution in [-0.2, 0) is 24.7 Å². The van der Waals surface area contributed by atoms with Crippen LogP contribution in [0.2, 0.25) is 0 Å². The number of hydrogen-bond acceptors (Lipinski definition) is 10. The summed E-state index contributed by atoms with van der Waals surface area (Å²) in [4.78, 5) is 28.3. The van der Waals surface area contributed by atoms with Crippen LogP contribution in [0.25, 0.3) is 11.0 Å². The van der Waals surface area contributed by atoms with Crippen molar-refractivity contribution in [2.75, 3.05) is 11.6 Å². The van der Waals surface area contributed by atoms with E-state index in [0.29, 0.717) is 36.7 Å². The third-order valence-electron chi connectivity index (χ3n) is 7.50. The summed E-state index contributed by atoms with van der Waals surface area (Å²) in [6.45, 7) is 0. The molecule has 1 amide bonds. The van der Waals surface area contributed by atoms with Crippen LogP contribution in [-0.4, -0.2) is 60.9 Å². The topological polar surface area (TPSA) is 216 Å². The van der Waals surface area contributed by atoms with E-state index in [-0.39, 0.29) is 23.5 Å². The van der Waals surface area contributed by atoms with Crippen LogP contribution >= 0.6 is 0 Å². The molecule has 1 fully saturated rings. The zero-order valence-corrected chi connectivity index (χ0v) is 24.6. The average Bonchev–Trinajstić information content (AvgIpc) is 3.41. The number of anilines is 1. The Kier molecular flexibility index (Phi) is 8.02. The third-order valence-corrected chi connectivity index (χ3v) is 10.4. The van der Waals surface area contributed by atoms with Gasteiger partial charge >= 0.3 is 0 Å². The Labute approximate surface area is 247 Å². The Morgan fingerprint density at radius 1 is 1.12 bits per heavy atom. The lowest BCUT2D eigenvalue weighted by Gasteiger charge is -2.36. The number of nitrogens with two attached hydrogens (primary N) is 1. The van der Waals surface area contributed by atoms with E-state index in [1.165, 1.54) is 42.6 Å². The summed E-state index contributed by atoms with van der Waals surface area (Å²) in [5.74, 6) is -2.42. The molecule has 43 heavy (non-hydrogen) atoms. The van der Waals surface area contributed by atoms with E-state index in [9.17, 15) is 31.7 Å². The molecule has 0 bridgehead atoms. The number of nitro benzene ring substituents is 1. The van der Waals surface area contributed by atoms with Gasteiger partial charge in [0.25, 0.3) is 5.69 Å². The lowest BCUT2D eigenvalue weighted by Crippen LogP contribution is -2.53. The Morgan fingerprint density at radius 2 is 1.84 bits per heavy atom. The van der Waals surface area contributed by atoms with E-state index in [2.05, 4.69) is 20.0 Å². The number of carbonyl (C=O) groups excluding carboxylic acids is 1. The number of hydrogen-bond donors (Lipinski definition) is 4. The molecule has 0 aliphatic heterocycles. The SMILES string of the molecule is CS(=O)(=O)NC1CCC(Nc2ccc(S(=O)(=O)C3(Oc4cnc5[nH]ccc5c4)C=CC=CC3C(N)=O)cc2[N+](=O)[O-])CC1. The lowest BCUT2D eigenvalue weighted by atomic mass is 9.91. The average molecular weight is 631 g/mol. The maximum absolute atomic E-state index is 14.3. The molecule has 14 nitrogen and oxygen atoms in total. The minimum absolute atomic E-state index is 0.0376. The zero-order valence-electron chi connectivity index (χ0n) is 23.0. The molecular formula is C27H30N6O8S2. The number of sulfonamides is 1. The minimum Gasteiger partial charge on any atom is -0.464 e. The highest BCUT2D eigenvalue weighted by molar-refractivity contribution is 7.93. The summed E-state index contributed by atoms with van der Waals surface area (Å²) >= 11 is 0. The Bertz CT molecular complexity index is 1850. The van der Waals surface area contributed by atoms with Crippen LogP contribution in [0.15, 0.2) is 71.9 Å². The smallest absolute Gasteiger partial charge is 0.293 e. The zero-order chi connectivity index (χ0) is 31.0. The van der Waals surface area contributed by atoms with Crippen molar-refractivity contribution in [3.63, 3.8) is 0 Å². The van der Waals surface area contributed by atoms with Gasteiger partial charge in [-0.25, -0.2) is 26.5 Å². The van der Waals surface area contributed by atoms with Crippen molar-refractivity contribution in [3.05, 3.63) is 77.1 Å². The summed E-state index contributed by atoms with van der Waals surface area (Å²) in [7, 11) is -8.04. The number of ether oxygens (including phenoxy) is 1. The molecule has 16 heteroatoms. The van der Waals surface area contributed by atoms with Gasteiger partial charge in [-0.1, -0.05) is 18.2 Å². The Hall–Kier alpha value is -4.28. The highest BCUT2D eigenvalue weighted by Crippen LogP contribution is 2.41. The highest BCUT2D eigenvalue weighted by Gasteiger charge is 2.54. The first-order valence-corrected chi connectivity index (χ1v) is 16.7. The second-order valence-electron chi connectivity index (χ2n) is 10.6. The molecule has 5 rings (SSSR count). The standard InChI is InChI=1S/C27H30N6O8S2/c1-42(37,38)32-19-7-5-18(6-8-19)31-23-10-9-21(15-24(23)33(35)36)43(39,40)27(12-3-2-4-22(27)25(28)34)41-20-14-17-11-13-29-26(17)30-16-20/h2-4,9-16,18-19,22,31-32H,5-8H2,1H3,(H2,28,34)(H,29,30). The van der Waals surface area contributed by atoms with Crippen LogP contribution in [0.4, 0.5) is 11.4 Å². The molecular weight excluding hydrogens is 600 g/mol. The molecule has 2 atom stereocenters. The highest BCUT2D eigenvalue weighted by atomic mass is 32.2. The van der Waals surface area contributed by atoms with E-state index in [1.54, 1.807) is 18.3 Å². The number of carbonyl (C=O) groups is 1. The number of allylic oxidation sites excluding steroid dienone is 2. The number of amides is 1. The predicted molar refractivity (Wildman–Crippen MR) is 158 cm³/mol. The number of aromatic nitrogens is 2. The van der Waals surface area contributed by atoms with Crippen molar-refractivity contribution < 1.29 is 31.3 Å². The van der Waals surface area contributed by atoms with Crippen LogP contribution < -0.4 is 20.5 Å². The first-order chi connectivity index (χ1) is 20.3. The normalized spacial score (nSPS) is 24.1. The summed E-state index contributed by atoms with van der Waals surface area (Å²) < 4.78 is 60.4. The molecule has 5 N–H and O–H groups in total. The van der Waals surface area contributed by atoms with Crippen molar-refractivity contribution >= 4 is 48.2 Å². The number of primary amides is 1. The van der Waals surface area contributed by atoms with Crippen LogP contribution in [0, 0.1) is 16.0 Å². The van der Waals surface area contributed by atoms with Crippen LogP contribution in [0.5, 0.6) is 5.75 Å². The number of pyridine rings is 1. The van der Waals surface area contributed by atoms with Gasteiger partial charge in [0, 0.05) is 29.7 Å². The molecule has 228 valence electrons. The molecule has 2 aliphatic rings.